The number of nitrogens with one attached hydrogen (secondary N) is 4. The second kappa shape index (κ2) is 9.31. The minimum atomic E-state index is -3.95. The summed E-state index contributed by atoms with van der Waals surface area (Å²) in [6.07, 6.45) is 0. The fourth-order valence-corrected chi connectivity index (χ4v) is 3.12. The van der Waals surface area contributed by atoms with Gasteiger partial charge in [0.25, 0.3) is 11.8 Å². The molecule has 2 aromatic rings. The average Bonchev–Trinajstić information content (AvgIpc) is 2.65. The molecule has 0 heterocycles. The lowest BCUT2D eigenvalue weighted by Crippen LogP contribution is -2.46. The van der Waals surface area contributed by atoms with Gasteiger partial charge < -0.3 is 5.32 Å². The molecule has 4 N–H and O–H groups in total. The molecule has 2 aromatic carbocycles. The van der Waals surface area contributed by atoms with E-state index in [1.807, 2.05) is 0 Å². The summed E-state index contributed by atoms with van der Waals surface area (Å²) < 4.78 is 26.5. The van der Waals surface area contributed by atoms with Gasteiger partial charge in [0.2, 0.25) is 15.9 Å². The maximum absolute atomic E-state index is 12.2. The van der Waals surface area contributed by atoms with E-state index in [4.69, 9.17) is 11.6 Å². The van der Waals surface area contributed by atoms with E-state index in [2.05, 4.69) is 20.9 Å². The minimum absolute atomic E-state index is 0.0837. The molecule has 0 fully saturated rings. The largest absolute Gasteiger partial charge is 0.326 e. The van der Waals surface area contributed by atoms with Crippen molar-refractivity contribution in [2.75, 3.05) is 11.9 Å². The van der Waals surface area contributed by atoms with Gasteiger partial charge in [0.1, 0.15) is 0 Å². The molecule has 0 atom stereocenters. The van der Waals surface area contributed by atoms with Crippen LogP contribution in [0.4, 0.5) is 5.69 Å². The number of halogens is 1. The fraction of sp³-hybridized carbons (Fsp3) is 0.118. The zero-order chi connectivity index (χ0) is 20.7. The highest BCUT2D eigenvalue weighted by molar-refractivity contribution is 7.89. The van der Waals surface area contributed by atoms with E-state index >= 15 is 0 Å². The van der Waals surface area contributed by atoms with E-state index in [1.165, 1.54) is 55.5 Å². The number of hydrogen-bond acceptors (Lipinski definition) is 5. The first-order valence-corrected chi connectivity index (χ1v) is 9.75. The molecule has 0 aromatic heterocycles. The molecule has 0 aliphatic heterocycles. The first kappa shape index (κ1) is 21.4. The molecule has 0 spiro atoms. The predicted octanol–water partition coefficient (Wildman–Crippen LogP) is 1.04. The Bertz CT molecular complexity index is 976. The van der Waals surface area contributed by atoms with Crippen LogP contribution < -0.4 is 20.9 Å². The van der Waals surface area contributed by atoms with Crippen LogP contribution in [0.1, 0.15) is 17.3 Å². The Balaban J connectivity index is 1.86. The normalized spacial score (nSPS) is 10.8. The highest BCUT2D eigenvalue weighted by atomic mass is 35.5. The van der Waals surface area contributed by atoms with Crippen LogP contribution in [0.25, 0.3) is 0 Å². The Labute approximate surface area is 166 Å². The van der Waals surface area contributed by atoms with E-state index in [9.17, 15) is 22.8 Å². The Morgan fingerprint density at radius 1 is 0.929 bits per heavy atom. The van der Waals surface area contributed by atoms with Crippen LogP contribution in [0.3, 0.4) is 0 Å². The molecule has 0 aliphatic carbocycles. The van der Waals surface area contributed by atoms with Crippen molar-refractivity contribution < 1.29 is 22.8 Å². The molecule has 3 amide bonds. The third-order valence-corrected chi connectivity index (χ3v) is 5.00. The van der Waals surface area contributed by atoms with Crippen LogP contribution in [0, 0.1) is 0 Å². The minimum Gasteiger partial charge on any atom is -0.326 e. The van der Waals surface area contributed by atoms with Crippen molar-refractivity contribution in [2.24, 2.45) is 0 Å². The Kier molecular flexibility index (Phi) is 7.10. The van der Waals surface area contributed by atoms with Crippen molar-refractivity contribution in [1.82, 2.24) is 15.6 Å². The van der Waals surface area contributed by atoms with Crippen molar-refractivity contribution in [3.63, 3.8) is 0 Å². The molecule has 0 aliphatic rings. The summed E-state index contributed by atoms with van der Waals surface area (Å²) in [5, 5.41) is 2.97. The molecular formula is C17H17ClN4O5S. The lowest BCUT2D eigenvalue weighted by Gasteiger charge is -2.10. The van der Waals surface area contributed by atoms with Crippen LogP contribution in [0.15, 0.2) is 53.4 Å². The summed E-state index contributed by atoms with van der Waals surface area (Å²) in [4.78, 5) is 34.5. The Hall–Kier alpha value is -2.95. The molecule has 11 heteroatoms. The molecule has 2 rings (SSSR count). The first-order valence-electron chi connectivity index (χ1n) is 7.89. The second-order valence-corrected chi connectivity index (χ2v) is 7.74. The maximum atomic E-state index is 12.2. The number of rotatable bonds is 6. The number of hydrazine groups is 1. The van der Waals surface area contributed by atoms with Crippen LogP contribution >= 0.6 is 11.6 Å². The van der Waals surface area contributed by atoms with E-state index in [1.54, 1.807) is 0 Å². The fourth-order valence-electron chi connectivity index (χ4n) is 2.01. The van der Waals surface area contributed by atoms with Crippen molar-refractivity contribution in [1.29, 1.82) is 0 Å². The van der Waals surface area contributed by atoms with Crippen LogP contribution in [0.5, 0.6) is 0 Å². The third-order valence-electron chi connectivity index (χ3n) is 3.33. The van der Waals surface area contributed by atoms with Gasteiger partial charge in [-0.15, -0.1) is 0 Å². The molecule has 9 nitrogen and oxygen atoms in total. The van der Waals surface area contributed by atoms with Gasteiger partial charge in [-0.2, -0.15) is 0 Å². The number of hydrogen-bond donors (Lipinski definition) is 4. The predicted molar refractivity (Wildman–Crippen MR) is 103 cm³/mol. The summed E-state index contributed by atoms with van der Waals surface area (Å²) >= 11 is 5.72. The van der Waals surface area contributed by atoms with Crippen LogP contribution in [-0.4, -0.2) is 32.7 Å². The number of carbonyl (C=O) groups excluding carboxylic acids is 3. The van der Waals surface area contributed by atoms with Crippen molar-refractivity contribution in [2.45, 2.75) is 11.8 Å². The lowest BCUT2D eigenvalue weighted by atomic mass is 10.2. The Morgan fingerprint density at radius 2 is 1.54 bits per heavy atom. The number of amides is 3. The van der Waals surface area contributed by atoms with Gasteiger partial charge in [0.15, 0.2) is 0 Å². The molecule has 0 unspecified atom stereocenters. The van der Waals surface area contributed by atoms with Gasteiger partial charge in [-0.25, -0.2) is 13.1 Å². The van der Waals surface area contributed by atoms with E-state index < -0.39 is 28.4 Å². The number of anilines is 1. The van der Waals surface area contributed by atoms with Gasteiger partial charge in [0.05, 0.1) is 11.4 Å². The van der Waals surface area contributed by atoms with Gasteiger partial charge >= 0.3 is 0 Å². The first-order chi connectivity index (χ1) is 13.2. The molecule has 0 saturated heterocycles. The van der Waals surface area contributed by atoms with Gasteiger partial charge in [-0.05, 0) is 48.5 Å². The van der Waals surface area contributed by atoms with Crippen molar-refractivity contribution in [3.05, 3.63) is 59.1 Å². The summed E-state index contributed by atoms with van der Waals surface area (Å²) in [6.45, 7) is 0.743. The molecule has 0 bridgehead atoms. The van der Waals surface area contributed by atoms with Crippen molar-refractivity contribution >= 4 is 45.0 Å². The zero-order valence-electron chi connectivity index (χ0n) is 14.7. The van der Waals surface area contributed by atoms with Crippen molar-refractivity contribution in [3.8, 4) is 0 Å². The number of carbonyl (C=O) groups is 3. The summed E-state index contributed by atoms with van der Waals surface area (Å²) in [6, 6.07) is 11.4. The maximum Gasteiger partial charge on any atom is 0.269 e. The highest BCUT2D eigenvalue weighted by Gasteiger charge is 2.16. The van der Waals surface area contributed by atoms with E-state index in [0.29, 0.717) is 10.7 Å². The molecule has 28 heavy (non-hydrogen) atoms. The standard InChI is InChI=1S/C17H17ClN4O5S/c1-11(23)20-14-6-8-15(9-7-14)28(26,27)19-10-16(24)21-22-17(25)12-2-4-13(18)5-3-12/h2-9,19H,10H2,1H3,(H,20,23)(H,21,24)(H,22,25). The third kappa shape index (κ3) is 6.34. The molecular weight excluding hydrogens is 408 g/mol. The monoisotopic (exact) mass is 424 g/mol. The lowest BCUT2D eigenvalue weighted by molar-refractivity contribution is -0.120. The second-order valence-electron chi connectivity index (χ2n) is 5.54. The quantitative estimate of drug-likeness (QED) is 0.514. The van der Waals surface area contributed by atoms with Crippen LogP contribution in [0.2, 0.25) is 5.02 Å². The number of benzene rings is 2. The van der Waals surface area contributed by atoms with E-state index in [-0.39, 0.29) is 16.4 Å². The summed E-state index contributed by atoms with van der Waals surface area (Å²) in [7, 11) is -3.95. The van der Waals surface area contributed by atoms with E-state index in [0.717, 1.165) is 0 Å². The molecule has 0 saturated carbocycles. The molecule has 148 valence electrons. The Morgan fingerprint density at radius 3 is 2.11 bits per heavy atom. The van der Waals surface area contributed by atoms with Gasteiger partial charge in [-0.1, -0.05) is 11.6 Å². The highest BCUT2D eigenvalue weighted by Crippen LogP contribution is 2.13. The smallest absolute Gasteiger partial charge is 0.269 e. The summed E-state index contributed by atoms with van der Waals surface area (Å²) in [5.41, 5.74) is 4.97. The average molecular weight is 425 g/mol. The van der Waals surface area contributed by atoms with Gasteiger partial charge in [0, 0.05) is 23.2 Å². The SMILES string of the molecule is CC(=O)Nc1ccc(S(=O)(=O)NCC(=O)NNC(=O)c2ccc(Cl)cc2)cc1. The molecule has 0 radical (unpaired) electrons. The summed E-state index contributed by atoms with van der Waals surface area (Å²) in [5.74, 6) is -1.63. The van der Waals surface area contributed by atoms with Crippen LogP contribution in [-0.2, 0) is 19.6 Å². The number of sulfonamides is 1. The zero-order valence-corrected chi connectivity index (χ0v) is 16.2. The topological polar surface area (TPSA) is 133 Å². The van der Waals surface area contributed by atoms with Gasteiger partial charge in [-0.3, -0.25) is 25.2 Å².